The number of amides is 3. The Hall–Kier alpha value is -2.38. The molecule has 8 nitrogen and oxygen atoms in total. The summed E-state index contributed by atoms with van der Waals surface area (Å²) < 4.78 is 5.52. The third kappa shape index (κ3) is 5.81. The van der Waals surface area contributed by atoms with E-state index >= 15 is 0 Å². The number of carbonyl (C=O) groups excluding carboxylic acids is 4. The SMILES string of the molecule is CC(=CC(C(C)C)N(C)C(=O)CNC=O)C(=O)N1CCCC1C(=O)OC1CCC1. The summed E-state index contributed by atoms with van der Waals surface area (Å²) in [7, 11) is 1.66. The quantitative estimate of drug-likeness (QED) is 0.353. The average Bonchev–Trinajstić information content (AvgIpc) is 3.15. The molecule has 2 atom stereocenters. The van der Waals surface area contributed by atoms with Crippen LogP contribution in [0.25, 0.3) is 0 Å². The number of nitrogens with one attached hydrogen (secondary N) is 1. The fourth-order valence-electron chi connectivity index (χ4n) is 3.71. The molecule has 1 heterocycles. The summed E-state index contributed by atoms with van der Waals surface area (Å²) in [5, 5.41) is 2.37. The van der Waals surface area contributed by atoms with Crippen molar-refractivity contribution in [1.29, 1.82) is 0 Å². The van der Waals surface area contributed by atoms with Crippen molar-refractivity contribution < 1.29 is 23.9 Å². The van der Waals surface area contributed by atoms with Crippen LogP contribution < -0.4 is 5.32 Å². The number of rotatable bonds is 9. The van der Waals surface area contributed by atoms with Crippen molar-refractivity contribution >= 4 is 24.2 Å². The predicted molar refractivity (Wildman–Crippen MR) is 108 cm³/mol. The van der Waals surface area contributed by atoms with Gasteiger partial charge >= 0.3 is 5.97 Å². The summed E-state index contributed by atoms with van der Waals surface area (Å²) in [5.41, 5.74) is 0.495. The highest BCUT2D eigenvalue weighted by Crippen LogP contribution is 2.26. The van der Waals surface area contributed by atoms with Gasteiger partial charge in [-0.3, -0.25) is 14.4 Å². The lowest BCUT2D eigenvalue weighted by molar-refractivity contribution is -0.160. The van der Waals surface area contributed by atoms with Crippen molar-refractivity contribution in [1.82, 2.24) is 15.1 Å². The Balaban J connectivity index is 2.07. The molecule has 0 aromatic rings. The van der Waals surface area contributed by atoms with Gasteiger partial charge in [0.1, 0.15) is 12.1 Å². The first-order chi connectivity index (χ1) is 13.8. The number of hydrogen-bond donors (Lipinski definition) is 1. The maximum atomic E-state index is 13.0. The minimum Gasteiger partial charge on any atom is -0.461 e. The lowest BCUT2D eigenvalue weighted by atomic mass is 9.96. The molecule has 162 valence electrons. The van der Waals surface area contributed by atoms with Gasteiger partial charge in [0.05, 0.1) is 12.6 Å². The van der Waals surface area contributed by atoms with Gasteiger partial charge in [-0.2, -0.15) is 0 Å². The summed E-state index contributed by atoms with van der Waals surface area (Å²) >= 11 is 0. The summed E-state index contributed by atoms with van der Waals surface area (Å²) in [4.78, 5) is 51.4. The van der Waals surface area contributed by atoms with Gasteiger partial charge in [0, 0.05) is 19.2 Å². The van der Waals surface area contributed by atoms with Gasteiger partial charge < -0.3 is 19.9 Å². The minimum atomic E-state index is -0.528. The van der Waals surface area contributed by atoms with E-state index in [-0.39, 0.29) is 42.4 Å². The Kier molecular flexibility index (Phi) is 8.22. The Morgan fingerprint density at radius 1 is 1.21 bits per heavy atom. The normalized spacial score (nSPS) is 20.8. The zero-order valence-electron chi connectivity index (χ0n) is 17.8. The topological polar surface area (TPSA) is 96.0 Å². The van der Waals surface area contributed by atoms with Crippen molar-refractivity contribution in [3.05, 3.63) is 11.6 Å². The van der Waals surface area contributed by atoms with Crippen LogP contribution in [0.3, 0.4) is 0 Å². The van der Waals surface area contributed by atoms with Gasteiger partial charge in [0.2, 0.25) is 18.2 Å². The van der Waals surface area contributed by atoms with E-state index in [0.717, 1.165) is 25.7 Å². The van der Waals surface area contributed by atoms with Crippen LogP contribution in [0.1, 0.15) is 52.9 Å². The lowest BCUT2D eigenvalue weighted by Crippen LogP contribution is -2.45. The predicted octanol–water partition coefficient (Wildman–Crippen LogP) is 1.25. The third-order valence-corrected chi connectivity index (χ3v) is 5.74. The van der Waals surface area contributed by atoms with Gasteiger partial charge in [0.25, 0.3) is 0 Å². The van der Waals surface area contributed by atoms with Crippen molar-refractivity contribution in [3.63, 3.8) is 0 Å². The lowest BCUT2D eigenvalue weighted by Gasteiger charge is -2.31. The molecule has 0 bridgehead atoms. The monoisotopic (exact) mass is 407 g/mol. The average molecular weight is 408 g/mol. The Labute approximate surface area is 172 Å². The van der Waals surface area contributed by atoms with E-state index in [4.69, 9.17) is 4.74 Å². The Morgan fingerprint density at radius 2 is 1.90 bits per heavy atom. The van der Waals surface area contributed by atoms with Crippen molar-refractivity contribution in [2.75, 3.05) is 20.1 Å². The summed E-state index contributed by atoms with van der Waals surface area (Å²) in [6.45, 7) is 6.07. The fourth-order valence-corrected chi connectivity index (χ4v) is 3.71. The molecule has 0 aromatic carbocycles. The zero-order valence-corrected chi connectivity index (χ0v) is 17.8. The molecule has 3 amide bonds. The van der Waals surface area contributed by atoms with E-state index in [0.29, 0.717) is 24.9 Å². The Bertz CT molecular complexity index is 657. The standard InChI is InChI=1S/C21H33N3O5/c1-14(2)18(23(4)19(26)12-22-13-25)11-15(3)20(27)24-10-6-9-17(24)21(28)29-16-7-5-8-16/h11,13-14,16-18H,5-10,12H2,1-4H3,(H,22,25). The second-order valence-electron chi connectivity index (χ2n) is 8.23. The van der Waals surface area contributed by atoms with E-state index in [1.807, 2.05) is 13.8 Å². The van der Waals surface area contributed by atoms with E-state index < -0.39 is 6.04 Å². The second-order valence-corrected chi connectivity index (χ2v) is 8.23. The highest BCUT2D eigenvalue weighted by Gasteiger charge is 2.37. The van der Waals surface area contributed by atoms with Crippen molar-refractivity contribution in [2.24, 2.45) is 5.92 Å². The molecule has 1 aliphatic carbocycles. The van der Waals surface area contributed by atoms with E-state index in [1.165, 1.54) is 4.90 Å². The second kappa shape index (κ2) is 10.4. The molecule has 0 spiro atoms. The Morgan fingerprint density at radius 3 is 2.45 bits per heavy atom. The minimum absolute atomic E-state index is 0.00153. The molecule has 8 heteroatoms. The number of hydrogen-bond acceptors (Lipinski definition) is 5. The van der Waals surface area contributed by atoms with Crippen molar-refractivity contribution in [2.45, 2.75) is 71.1 Å². The molecule has 1 saturated heterocycles. The van der Waals surface area contributed by atoms with Crippen LogP contribution in [-0.4, -0.2) is 72.3 Å². The van der Waals surface area contributed by atoms with Gasteiger partial charge in [-0.1, -0.05) is 19.9 Å². The molecule has 0 radical (unpaired) electrons. The number of carbonyl (C=O) groups is 4. The summed E-state index contributed by atoms with van der Waals surface area (Å²) in [5.74, 6) is -0.673. The number of nitrogens with zero attached hydrogens (tertiary/aromatic N) is 2. The first-order valence-electron chi connectivity index (χ1n) is 10.4. The molecule has 1 saturated carbocycles. The van der Waals surface area contributed by atoms with Crippen LogP contribution in [-0.2, 0) is 23.9 Å². The summed E-state index contributed by atoms with van der Waals surface area (Å²) in [6, 6.07) is -0.831. The van der Waals surface area contributed by atoms with E-state index in [2.05, 4.69) is 5.32 Å². The first-order valence-corrected chi connectivity index (χ1v) is 10.4. The smallest absolute Gasteiger partial charge is 0.329 e. The van der Waals surface area contributed by atoms with Gasteiger partial charge in [-0.15, -0.1) is 0 Å². The van der Waals surface area contributed by atoms with Gasteiger partial charge in [-0.25, -0.2) is 4.79 Å². The molecule has 2 unspecified atom stereocenters. The van der Waals surface area contributed by atoms with E-state index in [1.54, 1.807) is 24.9 Å². The van der Waals surface area contributed by atoms with Crippen molar-refractivity contribution in [3.8, 4) is 0 Å². The number of likely N-dealkylation sites (tertiary alicyclic amines) is 1. The van der Waals surface area contributed by atoms with Gasteiger partial charge in [-0.05, 0) is 44.9 Å². The molecule has 29 heavy (non-hydrogen) atoms. The largest absolute Gasteiger partial charge is 0.461 e. The molecule has 2 aliphatic rings. The van der Waals surface area contributed by atoms with Gasteiger partial charge in [0.15, 0.2) is 0 Å². The first kappa shape index (κ1) is 22.9. The van der Waals surface area contributed by atoms with Crippen LogP contribution in [0, 0.1) is 5.92 Å². The molecule has 1 N–H and O–H groups in total. The molecule has 2 fully saturated rings. The van der Waals surface area contributed by atoms with E-state index in [9.17, 15) is 19.2 Å². The highest BCUT2D eigenvalue weighted by molar-refractivity contribution is 5.96. The zero-order chi connectivity index (χ0) is 21.6. The molecule has 2 rings (SSSR count). The molecular formula is C21H33N3O5. The molecular weight excluding hydrogens is 374 g/mol. The molecule has 1 aliphatic heterocycles. The van der Waals surface area contributed by atoms with Crippen LogP contribution in [0.15, 0.2) is 11.6 Å². The van der Waals surface area contributed by atoms with Crippen LogP contribution in [0.2, 0.25) is 0 Å². The molecule has 0 aromatic heterocycles. The number of likely N-dealkylation sites (N-methyl/N-ethyl adjacent to an activating group) is 1. The summed E-state index contributed by atoms with van der Waals surface area (Å²) in [6.07, 6.45) is 6.54. The fraction of sp³-hybridized carbons (Fsp3) is 0.714. The number of esters is 1. The highest BCUT2D eigenvalue weighted by atomic mass is 16.5. The van der Waals surface area contributed by atoms with Crippen LogP contribution in [0.5, 0.6) is 0 Å². The maximum Gasteiger partial charge on any atom is 0.329 e. The maximum absolute atomic E-state index is 13.0. The third-order valence-electron chi connectivity index (χ3n) is 5.74. The van der Waals surface area contributed by atoms with Crippen LogP contribution >= 0.6 is 0 Å². The number of ether oxygens (including phenoxy) is 1. The van der Waals surface area contributed by atoms with Crippen LogP contribution in [0.4, 0.5) is 0 Å².